The maximum Gasteiger partial charge on any atom is 0.191 e. The Hall–Kier alpha value is -0.410. The molecule has 1 unspecified atom stereocenters. The lowest BCUT2D eigenvalue weighted by Crippen LogP contribution is -2.38. The number of guanidine groups is 1. The van der Waals surface area contributed by atoms with Crippen molar-refractivity contribution in [1.82, 2.24) is 15.6 Å². The van der Waals surface area contributed by atoms with Crippen LogP contribution in [-0.4, -0.2) is 43.3 Å². The minimum absolute atomic E-state index is 0. The van der Waals surface area contributed by atoms with Gasteiger partial charge in [0.2, 0.25) is 0 Å². The second kappa shape index (κ2) is 11.3. The number of fused-ring (bicyclic) bond motifs is 1. The molecule has 1 fully saturated rings. The summed E-state index contributed by atoms with van der Waals surface area (Å²) in [5.74, 6) is 0.909. The maximum absolute atomic E-state index is 5.64. The number of thiazole rings is 1. The number of aliphatic imine (C=N–C) groups is 1. The fourth-order valence-electron chi connectivity index (χ4n) is 3.28. The number of ether oxygens (including phenoxy) is 1. The fourth-order valence-corrected chi connectivity index (χ4v) is 4.48. The van der Waals surface area contributed by atoms with Gasteiger partial charge in [-0.2, -0.15) is 0 Å². The second-order valence-corrected chi connectivity index (χ2v) is 7.74. The van der Waals surface area contributed by atoms with Crippen molar-refractivity contribution in [2.75, 3.05) is 26.2 Å². The lowest BCUT2D eigenvalue weighted by Gasteiger charge is -2.12. The highest BCUT2D eigenvalue weighted by Crippen LogP contribution is 2.27. The Morgan fingerprint density at radius 1 is 1.28 bits per heavy atom. The molecule has 0 bridgehead atoms. The molecule has 5 nitrogen and oxygen atoms in total. The van der Waals surface area contributed by atoms with Crippen LogP contribution >= 0.6 is 35.3 Å². The van der Waals surface area contributed by atoms with Gasteiger partial charge in [0.25, 0.3) is 0 Å². The molecule has 2 N–H and O–H groups in total. The van der Waals surface area contributed by atoms with E-state index in [0.717, 1.165) is 51.5 Å². The van der Waals surface area contributed by atoms with Crippen molar-refractivity contribution in [3.05, 3.63) is 15.6 Å². The van der Waals surface area contributed by atoms with E-state index < -0.39 is 0 Å². The quantitative estimate of drug-likeness (QED) is 0.273. The molecule has 2 aliphatic rings. The summed E-state index contributed by atoms with van der Waals surface area (Å²) in [5, 5.41) is 8.06. The predicted octanol–water partition coefficient (Wildman–Crippen LogP) is 3.31. The number of halogens is 1. The molecule has 25 heavy (non-hydrogen) atoms. The van der Waals surface area contributed by atoms with Gasteiger partial charge in [0.15, 0.2) is 5.96 Å². The summed E-state index contributed by atoms with van der Waals surface area (Å²) >= 11 is 1.93. The number of nitrogens with one attached hydrogen (secondary N) is 2. The summed E-state index contributed by atoms with van der Waals surface area (Å²) in [6.07, 6.45) is 9.85. The zero-order chi connectivity index (χ0) is 16.6. The first-order chi connectivity index (χ1) is 11.8. The molecule has 0 amide bonds. The molecular weight excluding hydrogens is 447 g/mol. The van der Waals surface area contributed by atoms with Crippen LogP contribution < -0.4 is 10.6 Å². The largest absolute Gasteiger partial charge is 0.376 e. The molecular formula is C18H31IN4OS. The van der Waals surface area contributed by atoms with Crippen LogP contribution in [0.5, 0.6) is 0 Å². The van der Waals surface area contributed by atoms with E-state index in [2.05, 4.69) is 22.5 Å². The van der Waals surface area contributed by atoms with Crippen molar-refractivity contribution in [2.24, 2.45) is 4.99 Å². The third-order valence-corrected chi connectivity index (χ3v) is 5.79. The molecule has 0 saturated carbocycles. The summed E-state index contributed by atoms with van der Waals surface area (Å²) in [6.45, 7) is 5.57. The third-order valence-electron chi connectivity index (χ3n) is 4.57. The lowest BCUT2D eigenvalue weighted by molar-refractivity contribution is 0.117. The smallest absolute Gasteiger partial charge is 0.191 e. The summed E-state index contributed by atoms with van der Waals surface area (Å²) < 4.78 is 5.64. The van der Waals surface area contributed by atoms with E-state index in [1.807, 2.05) is 11.3 Å². The molecule has 2 heterocycles. The SMILES string of the molecule is CCNC(=NCC1CCCO1)NCCCc1nc2c(s1)CCCC2.I. The maximum atomic E-state index is 5.64. The van der Waals surface area contributed by atoms with Gasteiger partial charge in [0.05, 0.1) is 23.4 Å². The van der Waals surface area contributed by atoms with E-state index >= 15 is 0 Å². The van der Waals surface area contributed by atoms with E-state index in [4.69, 9.17) is 9.72 Å². The summed E-state index contributed by atoms with van der Waals surface area (Å²) in [7, 11) is 0. The van der Waals surface area contributed by atoms with Crippen LogP contribution in [0, 0.1) is 0 Å². The molecule has 1 aliphatic carbocycles. The average molecular weight is 478 g/mol. The van der Waals surface area contributed by atoms with Crippen molar-refractivity contribution in [3.8, 4) is 0 Å². The Morgan fingerprint density at radius 3 is 2.92 bits per heavy atom. The van der Waals surface area contributed by atoms with Gasteiger partial charge in [-0.1, -0.05) is 0 Å². The summed E-state index contributed by atoms with van der Waals surface area (Å²) in [6, 6.07) is 0. The molecule has 1 atom stereocenters. The van der Waals surface area contributed by atoms with E-state index in [0.29, 0.717) is 6.10 Å². The van der Waals surface area contributed by atoms with Gasteiger partial charge in [-0.25, -0.2) is 4.98 Å². The zero-order valence-electron chi connectivity index (χ0n) is 15.2. The first-order valence-corrected chi connectivity index (χ1v) is 10.3. The Morgan fingerprint density at radius 2 is 2.16 bits per heavy atom. The van der Waals surface area contributed by atoms with Gasteiger partial charge in [-0.3, -0.25) is 4.99 Å². The first kappa shape index (κ1) is 20.9. The number of hydrogen-bond donors (Lipinski definition) is 2. The van der Waals surface area contributed by atoms with Gasteiger partial charge >= 0.3 is 0 Å². The fraction of sp³-hybridized carbons (Fsp3) is 0.778. The molecule has 1 aromatic rings. The monoisotopic (exact) mass is 478 g/mol. The highest BCUT2D eigenvalue weighted by atomic mass is 127. The van der Waals surface area contributed by atoms with Crippen LogP contribution in [0.15, 0.2) is 4.99 Å². The number of hydrogen-bond acceptors (Lipinski definition) is 4. The minimum Gasteiger partial charge on any atom is -0.376 e. The highest BCUT2D eigenvalue weighted by molar-refractivity contribution is 14.0. The van der Waals surface area contributed by atoms with Gasteiger partial charge in [-0.05, 0) is 51.9 Å². The number of nitrogens with zero attached hydrogens (tertiary/aromatic N) is 2. The highest BCUT2D eigenvalue weighted by Gasteiger charge is 2.16. The van der Waals surface area contributed by atoms with Crippen molar-refractivity contribution < 1.29 is 4.74 Å². The van der Waals surface area contributed by atoms with Gasteiger partial charge in [0.1, 0.15) is 0 Å². The van der Waals surface area contributed by atoms with Crippen LogP contribution in [-0.2, 0) is 24.0 Å². The summed E-state index contributed by atoms with van der Waals surface area (Å²) in [5.41, 5.74) is 1.38. The molecule has 3 rings (SSSR count). The molecule has 0 radical (unpaired) electrons. The van der Waals surface area contributed by atoms with Crippen molar-refractivity contribution >= 4 is 41.3 Å². The van der Waals surface area contributed by atoms with E-state index in [1.165, 1.54) is 47.7 Å². The van der Waals surface area contributed by atoms with Gasteiger partial charge in [-0.15, -0.1) is 35.3 Å². The van der Waals surface area contributed by atoms with Crippen molar-refractivity contribution in [1.29, 1.82) is 0 Å². The minimum atomic E-state index is 0. The number of rotatable bonds is 7. The Balaban J connectivity index is 0.00000225. The van der Waals surface area contributed by atoms with Crippen molar-refractivity contribution in [2.45, 2.75) is 64.4 Å². The van der Waals surface area contributed by atoms with Crippen LogP contribution in [0.2, 0.25) is 0 Å². The molecule has 1 aromatic heterocycles. The molecule has 0 spiro atoms. The first-order valence-electron chi connectivity index (χ1n) is 9.46. The van der Waals surface area contributed by atoms with E-state index in [-0.39, 0.29) is 24.0 Å². The van der Waals surface area contributed by atoms with Crippen LogP contribution in [0.3, 0.4) is 0 Å². The normalized spacial score (nSPS) is 20.0. The molecule has 142 valence electrons. The molecule has 0 aromatic carbocycles. The van der Waals surface area contributed by atoms with Crippen LogP contribution in [0.1, 0.15) is 54.6 Å². The Kier molecular flexibility index (Phi) is 9.47. The number of aryl methyl sites for hydroxylation is 3. The second-order valence-electron chi connectivity index (χ2n) is 6.57. The van der Waals surface area contributed by atoms with Crippen LogP contribution in [0.4, 0.5) is 0 Å². The molecule has 1 saturated heterocycles. The van der Waals surface area contributed by atoms with E-state index in [1.54, 1.807) is 0 Å². The lowest BCUT2D eigenvalue weighted by atomic mass is 10.0. The third kappa shape index (κ3) is 6.67. The van der Waals surface area contributed by atoms with Crippen molar-refractivity contribution in [3.63, 3.8) is 0 Å². The molecule has 7 heteroatoms. The number of aromatic nitrogens is 1. The van der Waals surface area contributed by atoms with Gasteiger partial charge < -0.3 is 15.4 Å². The standard InChI is InChI=1S/C18H30N4OS.HI/c1-2-19-18(21-13-14-7-6-12-23-14)20-11-5-10-17-22-15-8-3-4-9-16(15)24-17;/h14H,2-13H2,1H3,(H2,19,20,21);1H. The Labute approximate surface area is 172 Å². The predicted molar refractivity (Wildman–Crippen MR) is 115 cm³/mol. The summed E-state index contributed by atoms with van der Waals surface area (Å²) in [4.78, 5) is 11.0. The zero-order valence-corrected chi connectivity index (χ0v) is 18.3. The molecule has 1 aliphatic heterocycles. The average Bonchev–Trinajstić information content (AvgIpc) is 3.25. The topological polar surface area (TPSA) is 58.5 Å². The van der Waals surface area contributed by atoms with Crippen LogP contribution in [0.25, 0.3) is 0 Å². The van der Waals surface area contributed by atoms with E-state index in [9.17, 15) is 0 Å². The van der Waals surface area contributed by atoms with Gasteiger partial charge in [0, 0.05) is 31.0 Å². The Bertz CT molecular complexity index is 520.